The summed E-state index contributed by atoms with van der Waals surface area (Å²) in [6.45, 7) is 3.64. The molecule has 0 aliphatic heterocycles. The van der Waals surface area contributed by atoms with Crippen molar-refractivity contribution in [2.75, 3.05) is 31.4 Å². The van der Waals surface area contributed by atoms with E-state index >= 15 is 0 Å². The molecule has 0 spiro atoms. The number of nitrogens with zero attached hydrogens (tertiary/aromatic N) is 5. The van der Waals surface area contributed by atoms with E-state index in [-0.39, 0.29) is 0 Å². The van der Waals surface area contributed by atoms with Crippen LogP contribution in [-0.2, 0) is 4.74 Å². The molecule has 2 rings (SSSR count). The third-order valence-corrected chi connectivity index (χ3v) is 3.89. The van der Waals surface area contributed by atoms with Gasteiger partial charge in [-0.05, 0) is 32.1 Å². The van der Waals surface area contributed by atoms with Gasteiger partial charge in [-0.1, -0.05) is 0 Å². The van der Waals surface area contributed by atoms with Crippen molar-refractivity contribution in [1.82, 2.24) is 9.97 Å². The Labute approximate surface area is 164 Å². The van der Waals surface area contributed by atoms with Gasteiger partial charge in [0, 0.05) is 49.9 Å². The molecule has 0 bridgehead atoms. The number of anilines is 2. The standard InChI is InChI=1S/C20H22N6O2/c1-13(22-3)6-7-28-20(27)25-17-9-18(14(2)23-12-17)16-8-15(10-21)19(24-11-16)26(4)5/h6-9,11-12H,1-5H3,(H,25,27)/b7-6-,22-13-. The number of ether oxygens (including phenoxy) is 1. The zero-order valence-electron chi connectivity index (χ0n) is 16.5. The summed E-state index contributed by atoms with van der Waals surface area (Å²) in [7, 11) is 5.30. The first-order valence-corrected chi connectivity index (χ1v) is 8.47. The van der Waals surface area contributed by atoms with E-state index in [0.717, 1.165) is 22.5 Å². The molecule has 0 atom stereocenters. The highest BCUT2D eigenvalue weighted by Crippen LogP contribution is 2.27. The Kier molecular flexibility index (Phi) is 6.82. The molecule has 8 heteroatoms. The van der Waals surface area contributed by atoms with Gasteiger partial charge in [-0.3, -0.25) is 15.3 Å². The zero-order valence-corrected chi connectivity index (χ0v) is 16.5. The zero-order chi connectivity index (χ0) is 20.7. The average molecular weight is 378 g/mol. The second kappa shape index (κ2) is 9.28. The third-order valence-electron chi connectivity index (χ3n) is 3.89. The molecule has 0 aliphatic rings. The van der Waals surface area contributed by atoms with Crippen molar-refractivity contribution in [3.63, 3.8) is 0 Å². The third kappa shape index (κ3) is 5.14. The lowest BCUT2D eigenvalue weighted by Crippen LogP contribution is -2.12. The Morgan fingerprint density at radius 1 is 1.32 bits per heavy atom. The van der Waals surface area contributed by atoms with Gasteiger partial charge in [0.2, 0.25) is 0 Å². The van der Waals surface area contributed by atoms with E-state index in [2.05, 4.69) is 26.3 Å². The second-order valence-electron chi connectivity index (χ2n) is 6.16. The van der Waals surface area contributed by atoms with Crippen LogP contribution in [0.25, 0.3) is 11.1 Å². The van der Waals surface area contributed by atoms with Crippen molar-refractivity contribution in [1.29, 1.82) is 5.26 Å². The lowest BCUT2D eigenvalue weighted by atomic mass is 10.0. The van der Waals surface area contributed by atoms with Crippen LogP contribution in [-0.4, -0.2) is 42.9 Å². The number of hydrogen-bond donors (Lipinski definition) is 1. The maximum atomic E-state index is 11.9. The highest BCUT2D eigenvalue weighted by Gasteiger charge is 2.12. The van der Waals surface area contributed by atoms with E-state index in [4.69, 9.17) is 4.74 Å². The maximum Gasteiger partial charge on any atom is 0.416 e. The van der Waals surface area contributed by atoms with Gasteiger partial charge in [-0.25, -0.2) is 9.78 Å². The minimum Gasteiger partial charge on any atom is -0.418 e. The van der Waals surface area contributed by atoms with Crippen molar-refractivity contribution in [2.45, 2.75) is 13.8 Å². The van der Waals surface area contributed by atoms with Crippen molar-refractivity contribution >= 4 is 23.3 Å². The van der Waals surface area contributed by atoms with Crippen LogP contribution in [0.2, 0.25) is 0 Å². The van der Waals surface area contributed by atoms with E-state index in [9.17, 15) is 10.1 Å². The molecular weight excluding hydrogens is 356 g/mol. The smallest absolute Gasteiger partial charge is 0.416 e. The number of allylic oxidation sites excluding steroid dienone is 1. The number of rotatable bonds is 5. The van der Waals surface area contributed by atoms with E-state index in [1.165, 1.54) is 12.5 Å². The number of amides is 1. The molecule has 28 heavy (non-hydrogen) atoms. The Morgan fingerprint density at radius 2 is 2.07 bits per heavy atom. The number of carbonyl (C=O) groups is 1. The van der Waals surface area contributed by atoms with Gasteiger partial charge in [0.1, 0.15) is 11.9 Å². The topological polar surface area (TPSA) is 104 Å². The minimum atomic E-state index is -0.643. The molecule has 1 N–H and O–H groups in total. The van der Waals surface area contributed by atoms with Crippen LogP contribution in [0.4, 0.5) is 16.3 Å². The molecule has 1 amide bonds. The molecular formula is C20H22N6O2. The van der Waals surface area contributed by atoms with Crippen LogP contribution in [0.15, 0.2) is 41.9 Å². The first-order chi connectivity index (χ1) is 13.3. The SMILES string of the molecule is C/N=C(C)\C=C/OC(=O)Nc1cnc(C)c(-c2cnc(N(C)C)c(C#N)c2)c1. The van der Waals surface area contributed by atoms with Gasteiger partial charge in [0.25, 0.3) is 0 Å². The molecule has 0 saturated heterocycles. The van der Waals surface area contributed by atoms with Crippen LogP contribution in [0.5, 0.6) is 0 Å². The normalized spacial score (nSPS) is 11.2. The lowest BCUT2D eigenvalue weighted by Gasteiger charge is -2.14. The van der Waals surface area contributed by atoms with Gasteiger partial charge in [-0.2, -0.15) is 5.26 Å². The van der Waals surface area contributed by atoms with Gasteiger partial charge >= 0.3 is 6.09 Å². The molecule has 0 unspecified atom stereocenters. The summed E-state index contributed by atoms with van der Waals surface area (Å²) in [4.78, 5) is 26.3. The molecule has 144 valence electrons. The first-order valence-electron chi connectivity index (χ1n) is 8.47. The summed E-state index contributed by atoms with van der Waals surface area (Å²) < 4.78 is 4.97. The highest BCUT2D eigenvalue weighted by atomic mass is 16.5. The second-order valence-corrected chi connectivity index (χ2v) is 6.16. The van der Waals surface area contributed by atoms with Crippen LogP contribution >= 0.6 is 0 Å². The molecule has 0 fully saturated rings. The van der Waals surface area contributed by atoms with E-state index in [1.807, 2.05) is 21.0 Å². The van der Waals surface area contributed by atoms with Crippen LogP contribution < -0.4 is 10.2 Å². The summed E-state index contributed by atoms with van der Waals surface area (Å²) in [5.41, 5.74) is 3.90. The van der Waals surface area contributed by atoms with Crippen molar-refractivity contribution < 1.29 is 9.53 Å². The number of aliphatic imine (C=N–C) groups is 1. The van der Waals surface area contributed by atoms with Gasteiger partial charge in [-0.15, -0.1) is 0 Å². The molecule has 2 aromatic heterocycles. The fraction of sp³-hybridized carbons (Fsp3) is 0.250. The maximum absolute atomic E-state index is 11.9. The Morgan fingerprint density at radius 3 is 2.71 bits per heavy atom. The predicted octanol–water partition coefficient (Wildman–Crippen LogP) is 3.54. The number of aromatic nitrogens is 2. The van der Waals surface area contributed by atoms with Crippen LogP contribution in [0, 0.1) is 18.3 Å². The van der Waals surface area contributed by atoms with Crippen LogP contribution in [0.1, 0.15) is 18.2 Å². The van der Waals surface area contributed by atoms with Crippen molar-refractivity contribution in [2.24, 2.45) is 4.99 Å². The number of nitrogens with one attached hydrogen (secondary N) is 1. The van der Waals surface area contributed by atoms with E-state index in [0.29, 0.717) is 17.1 Å². The van der Waals surface area contributed by atoms with Crippen molar-refractivity contribution in [3.8, 4) is 17.2 Å². The van der Waals surface area contributed by atoms with Crippen LogP contribution in [0.3, 0.4) is 0 Å². The molecule has 2 aromatic rings. The van der Waals surface area contributed by atoms with E-state index in [1.54, 1.807) is 43.3 Å². The quantitative estimate of drug-likeness (QED) is 0.630. The number of aryl methyl sites for hydroxylation is 1. The fourth-order valence-corrected chi connectivity index (χ4v) is 2.35. The Balaban J connectivity index is 2.25. The highest BCUT2D eigenvalue weighted by molar-refractivity contribution is 5.93. The number of hydrogen-bond acceptors (Lipinski definition) is 7. The largest absolute Gasteiger partial charge is 0.418 e. The van der Waals surface area contributed by atoms with Gasteiger partial charge < -0.3 is 9.64 Å². The fourth-order valence-electron chi connectivity index (χ4n) is 2.35. The summed E-state index contributed by atoms with van der Waals surface area (Å²) in [5.74, 6) is 0.590. The van der Waals surface area contributed by atoms with Crippen molar-refractivity contribution in [3.05, 3.63) is 48.1 Å². The molecule has 0 aliphatic carbocycles. The Hall–Kier alpha value is -3.73. The summed E-state index contributed by atoms with van der Waals surface area (Å²) in [6.07, 6.45) is 5.42. The predicted molar refractivity (Wildman–Crippen MR) is 110 cm³/mol. The molecule has 8 nitrogen and oxygen atoms in total. The monoisotopic (exact) mass is 378 g/mol. The molecule has 0 radical (unpaired) electrons. The number of pyridine rings is 2. The molecule has 0 saturated carbocycles. The van der Waals surface area contributed by atoms with Gasteiger partial charge in [0.15, 0.2) is 0 Å². The van der Waals surface area contributed by atoms with Gasteiger partial charge in [0.05, 0.1) is 23.7 Å². The Bertz CT molecular complexity index is 973. The number of carbonyl (C=O) groups excluding carboxylic acids is 1. The summed E-state index contributed by atoms with van der Waals surface area (Å²) in [6, 6.07) is 5.68. The average Bonchev–Trinajstić information content (AvgIpc) is 2.68. The summed E-state index contributed by atoms with van der Waals surface area (Å²) in [5, 5.41) is 12.0. The minimum absolute atomic E-state index is 0.456. The lowest BCUT2D eigenvalue weighted by molar-refractivity contribution is 0.201. The summed E-state index contributed by atoms with van der Waals surface area (Å²) >= 11 is 0. The molecule has 0 aromatic carbocycles. The van der Waals surface area contributed by atoms with E-state index < -0.39 is 6.09 Å². The molecule has 2 heterocycles. The first kappa shape index (κ1) is 20.6. The number of nitriles is 1.